The molecule has 0 aromatic heterocycles. The molecule has 4 aromatic rings. The van der Waals surface area contributed by atoms with Crippen LogP contribution in [0.2, 0.25) is 0 Å². The number of nitrogens with zero attached hydrogens (tertiary/aromatic N) is 3. The number of anilines is 3. The molecule has 0 bridgehead atoms. The second-order valence-electron chi connectivity index (χ2n) is 14.0. The van der Waals surface area contributed by atoms with Crippen LogP contribution in [0.15, 0.2) is 90.2 Å². The fraction of sp³-hybridized carbons (Fsp3) is 0.286. The number of para-hydroxylation sites is 1. The average molecular weight is 744 g/mol. The molecule has 3 aliphatic heterocycles. The van der Waals surface area contributed by atoms with Crippen LogP contribution in [0.25, 0.3) is 0 Å². The van der Waals surface area contributed by atoms with Crippen molar-refractivity contribution in [3.63, 3.8) is 0 Å². The summed E-state index contributed by atoms with van der Waals surface area (Å²) in [5, 5.41) is 18.9. The molecule has 1 unspecified atom stereocenters. The first-order valence-corrected chi connectivity index (χ1v) is 18.2. The predicted octanol–water partition coefficient (Wildman–Crippen LogP) is 7.26. The molecule has 1 amide bonds. The summed E-state index contributed by atoms with van der Waals surface area (Å²) in [6.07, 6.45) is 8.25. The van der Waals surface area contributed by atoms with E-state index >= 15 is 0 Å². The summed E-state index contributed by atoms with van der Waals surface area (Å²) in [4.78, 5) is 41.4. The molecular weight excluding hydrogens is 702 g/mol. The van der Waals surface area contributed by atoms with E-state index in [1.54, 1.807) is 30.3 Å². The SMILES string of the molecule is COc1cc(C=O)c(NCC2Cc3ccccc3N2C)cc1OCc1cc(COc2cc3c(cc2OC)C(=O)N2C4=C(CCC=C4)C[C@H]2N3)cc([N+](=O)[O-])c1. The quantitative estimate of drug-likeness (QED) is 0.0811. The highest BCUT2D eigenvalue weighted by Gasteiger charge is 2.41. The van der Waals surface area contributed by atoms with Crippen molar-refractivity contribution in [3.05, 3.63) is 128 Å². The summed E-state index contributed by atoms with van der Waals surface area (Å²) < 4.78 is 23.6. The number of amides is 1. The van der Waals surface area contributed by atoms with Crippen molar-refractivity contribution in [3.8, 4) is 23.0 Å². The number of non-ortho nitro benzene ring substituents is 1. The monoisotopic (exact) mass is 743 g/mol. The highest BCUT2D eigenvalue weighted by molar-refractivity contribution is 6.04. The summed E-state index contributed by atoms with van der Waals surface area (Å²) in [6, 6.07) is 19.9. The molecule has 8 rings (SSSR count). The van der Waals surface area contributed by atoms with E-state index in [4.69, 9.17) is 18.9 Å². The third-order valence-electron chi connectivity index (χ3n) is 10.7. The number of nitro groups is 1. The Balaban J connectivity index is 0.980. The molecule has 0 fully saturated rings. The molecular formula is C42H41N5O8. The maximum atomic E-state index is 13.7. The number of allylic oxidation sites excluding steroid dienone is 2. The summed E-state index contributed by atoms with van der Waals surface area (Å²) >= 11 is 0. The van der Waals surface area contributed by atoms with Crippen molar-refractivity contribution < 1.29 is 33.5 Å². The Labute approximate surface area is 318 Å². The van der Waals surface area contributed by atoms with Crippen molar-refractivity contribution in [2.24, 2.45) is 0 Å². The van der Waals surface area contributed by atoms with Crippen molar-refractivity contribution >= 4 is 34.9 Å². The molecule has 0 saturated carbocycles. The van der Waals surface area contributed by atoms with E-state index in [1.165, 1.54) is 43.2 Å². The minimum atomic E-state index is -0.460. The van der Waals surface area contributed by atoms with Gasteiger partial charge in [0.2, 0.25) is 0 Å². The van der Waals surface area contributed by atoms with Gasteiger partial charge in [0, 0.05) is 66.9 Å². The van der Waals surface area contributed by atoms with Gasteiger partial charge in [0.05, 0.1) is 36.4 Å². The van der Waals surface area contributed by atoms with E-state index in [2.05, 4.69) is 40.8 Å². The number of hydrogen-bond donors (Lipinski definition) is 2. The van der Waals surface area contributed by atoms with Gasteiger partial charge in [0.25, 0.3) is 11.6 Å². The highest BCUT2D eigenvalue weighted by atomic mass is 16.6. The Morgan fingerprint density at radius 2 is 1.67 bits per heavy atom. The minimum absolute atomic E-state index is 0.0150. The van der Waals surface area contributed by atoms with Gasteiger partial charge in [0.1, 0.15) is 19.4 Å². The number of nitro benzene ring substituents is 1. The van der Waals surface area contributed by atoms with Gasteiger partial charge in [0.15, 0.2) is 29.3 Å². The van der Waals surface area contributed by atoms with Gasteiger partial charge in [-0.2, -0.15) is 0 Å². The zero-order valence-electron chi connectivity index (χ0n) is 30.8. The minimum Gasteiger partial charge on any atom is -0.493 e. The van der Waals surface area contributed by atoms with E-state index in [0.29, 0.717) is 63.2 Å². The zero-order chi connectivity index (χ0) is 38.2. The molecule has 282 valence electrons. The second-order valence-corrected chi connectivity index (χ2v) is 14.0. The van der Waals surface area contributed by atoms with Gasteiger partial charge in [-0.1, -0.05) is 24.3 Å². The van der Waals surface area contributed by atoms with Gasteiger partial charge in [-0.25, -0.2) is 0 Å². The van der Waals surface area contributed by atoms with Crippen LogP contribution < -0.4 is 34.5 Å². The Morgan fingerprint density at radius 1 is 0.945 bits per heavy atom. The molecule has 0 saturated heterocycles. The Morgan fingerprint density at radius 3 is 2.38 bits per heavy atom. The van der Waals surface area contributed by atoms with Crippen LogP contribution in [-0.2, 0) is 19.6 Å². The lowest BCUT2D eigenvalue weighted by Crippen LogP contribution is -2.44. The number of nitrogens with one attached hydrogen (secondary N) is 2. The summed E-state index contributed by atoms with van der Waals surface area (Å²) in [6.45, 7) is 0.548. The molecule has 2 N–H and O–H groups in total. The molecule has 13 nitrogen and oxygen atoms in total. The Bertz CT molecular complexity index is 2270. The topological polar surface area (TPSA) is 145 Å². The second kappa shape index (κ2) is 14.7. The standard InChI is InChI=1S/C42H41N5O8/c1-45-31(15-27-8-4-6-10-35(27)45)21-43-33-19-39(37(52-2)16-29(33)22-48)54-23-25-12-26(14-30(13-25)47(50)51)24-55-40-20-34-32(18-38(40)53-3)42(49)46-36-11-7-5-9-28(36)17-41(46)44-34/h4,6-8,10-14,16,18-20,22,31,41,43-44H,5,9,15,17,21,23-24H2,1-3H3/t31?,41-/m0/s1. The van der Waals surface area contributed by atoms with Crippen molar-refractivity contribution in [2.75, 3.05) is 43.3 Å². The third kappa shape index (κ3) is 6.77. The number of methoxy groups -OCH3 is 2. The number of ether oxygens (including phenoxy) is 4. The molecule has 1 aliphatic carbocycles. The van der Waals surface area contributed by atoms with Gasteiger partial charge in [-0.05, 0) is 71.9 Å². The number of likely N-dealkylation sites (N-methyl/N-ethyl adjacent to an activating group) is 1. The lowest BCUT2D eigenvalue weighted by Gasteiger charge is -2.34. The molecule has 4 aromatic carbocycles. The van der Waals surface area contributed by atoms with Crippen LogP contribution in [-0.4, -0.2) is 62.0 Å². The average Bonchev–Trinajstić information content (AvgIpc) is 3.74. The number of aldehydes is 1. The first kappa shape index (κ1) is 35.5. The summed E-state index contributed by atoms with van der Waals surface area (Å²) in [5.74, 6) is 1.38. The van der Waals surface area contributed by atoms with Gasteiger partial charge in [-0.15, -0.1) is 0 Å². The van der Waals surface area contributed by atoms with Crippen LogP contribution in [0.1, 0.15) is 56.7 Å². The van der Waals surface area contributed by atoms with Crippen LogP contribution in [0.3, 0.4) is 0 Å². The number of carbonyl (C=O) groups is 2. The molecule has 0 spiro atoms. The first-order chi connectivity index (χ1) is 26.7. The molecule has 0 radical (unpaired) electrons. The van der Waals surface area contributed by atoms with Gasteiger partial charge < -0.3 is 34.5 Å². The smallest absolute Gasteiger partial charge is 0.270 e. The molecule has 4 aliphatic rings. The van der Waals surface area contributed by atoms with E-state index in [9.17, 15) is 19.7 Å². The van der Waals surface area contributed by atoms with Crippen LogP contribution >= 0.6 is 0 Å². The largest absolute Gasteiger partial charge is 0.493 e. The van der Waals surface area contributed by atoms with Crippen LogP contribution in [0, 0.1) is 10.1 Å². The van der Waals surface area contributed by atoms with Gasteiger partial charge >= 0.3 is 0 Å². The normalized spacial score (nSPS) is 17.8. The van der Waals surface area contributed by atoms with Crippen LogP contribution in [0.4, 0.5) is 22.7 Å². The van der Waals surface area contributed by atoms with Crippen molar-refractivity contribution in [1.29, 1.82) is 0 Å². The summed E-state index contributed by atoms with van der Waals surface area (Å²) in [5.41, 5.74) is 7.78. The summed E-state index contributed by atoms with van der Waals surface area (Å²) in [7, 11) is 5.06. The van der Waals surface area contributed by atoms with E-state index in [-0.39, 0.29) is 37.0 Å². The lowest BCUT2D eigenvalue weighted by atomic mass is 10.0. The van der Waals surface area contributed by atoms with E-state index in [1.807, 2.05) is 23.1 Å². The number of benzene rings is 4. The molecule has 2 atom stereocenters. The Kier molecular flexibility index (Phi) is 9.51. The predicted molar refractivity (Wildman–Crippen MR) is 208 cm³/mol. The van der Waals surface area contributed by atoms with Crippen molar-refractivity contribution in [1.82, 2.24) is 4.90 Å². The van der Waals surface area contributed by atoms with Crippen LogP contribution in [0.5, 0.6) is 23.0 Å². The fourth-order valence-electron chi connectivity index (χ4n) is 7.94. The van der Waals surface area contributed by atoms with Crippen molar-refractivity contribution in [2.45, 2.75) is 51.1 Å². The lowest BCUT2D eigenvalue weighted by molar-refractivity contribution is -0.385. The first-order valence-electron chi connectivity index (χ1n) is 18.2. The number of fused-ring (bicyclic) bond motifs is 4. The van der Waals surface area contributed by atoms with E-state index in [0.717, 1.165) is 37.7 Å². The number of rotatable bonds is 13. The molecule has 13 heteroatoms. The maximum Gasteiger partial charge on any atom is 0.270 e. The molecule has 3 heterocycles. The number of hydrogen-bond acceptors (Lipinski definition) is 11. The Hall–Kier alpha value is -6.50. The molecule has 55 heavy (non-hydrogen) atoms. The third-order valence-corrected chi connectivity index (χ3v) is 10.7. The number of carbonyl (C=O) groups excluding carboxylic acids is 2. The van der Waals surface area contributed by atoms with E-state index < -0.39 is 4.92 Å². The van der Waals surface area contributed by atoms with Gasteiger partial charge in [-0.3, -0.25) is 24.6 Å². The fourth-order valence-corrected chi connectivity index (χ4v) is 7.94. The zero-order valence-corrected chi connectivity index (χ0v) is 30.8. The maximum absolute atomic E-state index is 13.7. The highest BCUT2D eigenvalue weighted by Crippen LogP contribution is 2.44.